The first-order chi connectivity index (χ1) is 7.93. The number of rotatable bonds is 2. The van der Waals surface area contributed by atoms with Crippen molar-refractivity contribution >= 4 is 37.6 Å². The molecule has 1 atom stereocenters. The zero-order valence-corrected chi connectivity index (χ0v) is 12.1. The predicted molar refractivity (Wildman–Crippen MR) is 70.5 cm³/mol. The number of sulfonamides is 1. The molecule has 2 rings (SSSR count). The monoisotopic (exact) mass is 338 g/mol. The van der Waals surface area contributed by atoms with Crippen LogP contribution in [0.25, 0.3) is 0 Å². The first kappa shape index (κ1) is 13.3. The molecule has 1 fully saturated rings. The van der Waals surface area contributed by atoms with Gasteiger partial charge < -0.3 is 5.73 Å². The van der Waals surface area contributed by atoms with Gasteiger partial charge >= 0.3 is 0 Å². The zero-order chi connectivity index (χ0) is 12.6. The van der Waals surface area contributed by atoms with Crippen molar-refractivity contribution in [1.82, 2.24) is 4.31 Å². The van der Waals surface area contributed by atoms with Gasteiger partial charge in [-0.1, -0.05) is 17.7 Å². The van der Waals surface area contributed by atoms with E-state index in [2.05, 4.69) is 15.9 Å². The third-order valence-corrected chi connectivity index (χ3v) is 6.29. The molecule has 4 nitrogen and oxygen atoms in total. The first-order valence-corrected chi connectivity index (χ1v) is 7.74. The SMILES string of the molecule is N[C@@H]1CCN(S(=O)(=O)c2cccc(Cl)c2Br)C1. The fourth-order valence-electron chi connectivity index (χ4n) is 1.79. The lowest BCUT2D eigenvalue weighted by Crippen LogP contribution is -2.32. The molecule has 0 spiro atoms. The van der Waals surface area contributed by atoms with Gasteiger partial charge in [-0.2, -0.15) is 4.31 Å². The highest BCUT2D eigenvalue weighted by atomic mass is 79.9. The van der Waals surface area contributed by atoms with Gasteiger partial charge in [0.1, 0.15) is 0 Å². The number of benzene rings is 1. The smallest absolute Gasteiger partial charge is 0.244 e. The molecule has 2 N–H and O–H groups in total. The molecule has 0 amide bonds. The molecular weight excluding hydrogens is 328 g/mol. The van der Waals surface area contributed by atoms with Crippen molar-refractivity contribution < 1.29 is 8.42 Å². The minimum absolute atomic E-state index is 0.0808. The maximum Gasteiger partial charge on any atom is 0.244 e. The molecule has 1 aliphatic rings. The summed E-state index contributed by atoms with van der Waals surface area (Å²) >= 11 is 9.11. The lowest BCUT2D eigenvalue weighted by Gasteiger charge is -2.17. The molecule has 1 heterocycles. The van der Waals surface area contributed by atoms with E-state index in [9.17, 15) is 8.42 Å². The summed E-state index contributed by atoms with van der Waals surface area (Å²) in [5, 5.41) is 0.384. The second-order valence-corrected chi connectivity index (χ2v) is 7.07. The van der Waals surface area contributed by atoms with Crippen molar-refractivity contribution in [2.24, 2.45) is 5.73 Å². The molecule has 0 radical (unpaired) electrons. The van der Waals surface area contributed by atoms with E-state index in [0.29, 0.717) is 29.0 Å². The summed E-state index contributed by atoms with van der Waals surface area (Å²) < 4.78 is 26.5. The molecular formula is C10H12BrClN2O2S. The first-order valence-electron chi connectivity index (χ1n) is 5.12. The van der Waals surface area contributed by atoms with Gasteiger partial charge in [0.05, 0.1) is 14.4 Å². The summed E-state index contributed by atoms with van der Waals surface area (Å²) in [4.78, 5) is 0.194. The summed E-state index contributed by atoms with van der Waals surface area (Å²) in [7, 11) is -3.50. The topological polar surface area (TPSA) is 63.4 Å². The highest BCUT2D eigenvalue weighted by Gasteiger charge is 2.32. The van der Waals surface area contributed by atoms with Gasteiger partial charge in [0.2, 0.25) is 10.0 Å². The van der Waals surface area contributed by atoms with E-state index in [1.807, 2.05) is 0 Å². The van der Waals surface area contributed by atoms with Gasteiger partial charge in [0.25, 0.3) is 0 Å². The molecule has 0 aliphatic carbocycles. The van der Waals surface area contributed by atoms with Gasteiger partial charge in [-0.05, 0) is 34.5 Å². The Morgan fingerprint density at radius 2 is 2.18 bits per heavy atom. The Morgan fingerprint density at radius 3 is 2.76 bits per heavy atom. The minimum atomic E-state index is -3.50. The molecule has 0 bridgehead atoms. The quantitative estimate of drug-likeness (QED) is 0.894. The molecule has 0 aromatic heterocycles. The van der Waals surface area contributed by atoms with Crippen molar-refractivity contribution in [3.8, 4) is 0 Å². The predicted octanol–water partition coefficient (Wildman–Crippen LogP) is 1.82. The van der Waals surface area contributed by atoms with Gasteiger partial charge in [-0.15, -0.1) is 0 Å². The largest absolute Gasteiger partial charge is 0.326 e. The van der Waals surface area contributed by atoms with Crippen LogP contribution in [0.15, 0.2) is 27.6 Å². The minimum Gasteiger partial charge on any atom is -0.326 e. The molecule has 1 aromatic rings. The van der Waals surface area contributed by atoms with E-state index in [1.165, 1.54) is 10.4 Å². The molecule has 94 valence electrons. The van der Waals surface area contributed by atoms with Crippen LogP contribution in [0, 0.1) is 0 Å². The van der Waals surface area contributed by atoms with E-state index in [0.717, 1.165) is 0 Å². The summed E-state index contributed by atoms with van der Waals surface area (Å²) in [6.07, 6.45) is 0.692. The summed E-state index contributed by atoms with van der Waals surface area (Å²) in [6.45, 7) is 0.823. The van der Waals surface area contributed by atoms with E-state index < -0.39 is 10.0 Å². The summed E-state index contributed by atoms with van der Waals surface area (Å²) in [5.74, 6) is 0. The fraction of sp³-hybridized carbons (Fsp3) is 0.400. The standard InChI is InChI=1S/C10H12BrClN2O2S/c11-10-8(12)2-1-3-9(10)17(15,16)14-5-4-7(13)6-14/h1-3,7H,4-6,13H2/t7-/m1/s1. The third-order valence-electron chi connectivity index (χ3n) is 2.72. The summed E-state index contributed by atoms with van der Waals surface area (Å²) in [6, 6.07) is 4.72. The fourth-order valence-corrected chi connectivity index (χ4v) is 4.50. The van der Waals surface area contributed by atoms with E-state index >= 15 is 0 Å². The highest BCUT2D eigenvalue weighted by Crippen LogP contribution is 2.32. The van der Waals surface area contributed by atoms with Crippen LogP contribution in [0.1, 0.15) is 6.42 Å². The van der Waals surface area contributed by atoms with Crippen LogP contribution in [0.2, 0.25) is 5.02 Å². The van der Waals surface area contributed by atoms with Crippen molar-refractivity contribution in [2.75, 3.05) is 13.1 Å². The second-order valence-electron chi connectivity index (χ2n) is 3.96. The molecule has 17 heavy (non-hydrogen) atoms. The maximum absolute atomic E-state index is 12.3. The van der Waals surface area contributed by atoms with Crippen LogP contribution >= 0.6 is 27.5 Å². The van der Waals surface area contributed by atoms with Crippen LogP contribution in [-0.4, -0.2) is 31.9 Å². The molecule has 0 saturated carbocycles. The van der Waals surface area contributed by atoms with Crippen LogP contribution in [-0.2, 0) is 10.0 Å². The zero-order valence-electron chi connectivity index (χ0n) is 8.94. The van der Waals surface area contributed by atoms with Crippen LogP contribution in [0.5, 0.6) is 0 Å². The van der Waals surface area contributed by atoms with E-state index in [1.54, 1.807) is 12.1 Å². The molecule has 1 saturated heterocycles. The van der Waals surface area contributed by atoms with Gasteiger partial charge in [-0.3, -0.25) is 0 Å². The normalized spacial score (nSPS) is 21.9. The lowest BCUT2D eigenvalue weighted by atomic mass is 10.3. The average Bonchev–Trinajstić information content (AvgIpc) is 2.69. The van der Waals surface area contributed by atoms with Crippen molar-refractivity contribution in [2.45, 2.75) is 17.4 Å². The summed E-state index contributed by atoms with van der Waals surface area (Å²) in [5.41, 5.74) is 5.72. The Morgan fingerprint density at radius 1 is 1.47 bits per heavy atom. The van der Waals surface area contributed by atoms with Crippen molar-refractivity contribution in [3.63, 3.8) is 0 Å². The number of halogens is 2. The molecule has 0 unspecified atom stereocenters. The Labute approximate surface area is 114 Å². The van der Waals surface area contributed by atoms with Gasteiger partial charge in [-0.25, -0.2) is 8.42 Å². The van der Waals surface area contributed by atoms with Crippen molar-refractivity contribution in [3.05, 3.63) is 27.7 Å². The van der Waals surface area contributed by atoms with Crippen molar-refractivity contribution in [1.29, 1.82) is 0 Å². The van der Waals surface area contributed by atoms with Crippen LogP contribution in [0.3, 0.4) is 0 Å². The van der Waals surface area contributed by atoms with E-state index in [-0.39, 0.29) is 10.9 Å². The Bertz CT molecular complexity index is 535. The third kappa shape index (κ3) is 2.51. The number of hydrogen-bond acceptors (Lipinski definition) is 3. The Hall–Kier alpha value is -0.140. The number of nitrogens with zero attached hydrogens (tertiary/aromatic N) is 1. The Kier molecular flexibility index (Phi) is 3.80. The van der Waals surface area contributed by atoms with Gasteiger partial charge in [0.15, 0.2) is 0 Å². The molecule has 1 aromatic carbocycles. The lowest BCUT2D eigenvalue weighted by molar-refractivity contribution is 0.472. The maximum atomic E-state index is 12.3. The number of hydrogen-bond donors (Lipinski definition) is 1. The molecule has 1 aliphatic heterocycles. The average molecular weight is 340 g/mol. The van der Waals surface area contributed by atoms with Crippen LogP contribution < -0.4 is 5.73 Å². The van der Waals surface area contributed by atoms with Gasteiger partial charge in [0, 0.05) is 19.1 Å². The van der Waals surface area contributed by atoms with Crippen LogP contribution in [0.4, 0.5) is 0 Å². The highest BCUT2D eigenvalue weighted by molar-refractivity contribution is 9.10. The second kappa shape index (κ2) is 4.85. The number of nitrogens with two attached hydrogens (primary N) is 1. The molecule has 7 heteroatoms. The Balaban J connectivity index is 2.42. The van der Waals surface area contributed by atoms with E-state index in [4.69, 9.17) is 17.3 Å².